The summed E-state index contributed by atoms with van der Waals surface area (Å²) in [7, 11) is 0. The molecule has 1 aromatic heterocycles. The molecule has 1 atom stereocenters. The summed E-state index contributed by atoms with van der Waals surface area (Å²) in [6.45, 7) is 5.19. The van der Waals surface area contributed by atoms with Gasteiger partial charge >= 0.3 is 0 Å². The Morgan fingerprint density at radius 2 is 2.24 bits per heavy atom. The molecule has 0 aliphatic carbocycles. The van der Waals surface area contributed by atoms with Gasteiger partial charge in [-0.05, 0) is 37.1 Å². The van der Waals surface area contributed by atoms with Crippen LogP contribution in [0.15, 0.2) is 42.7 Å². The molecule has 0 saturated carbocycles. The van der Waals surface area contributed by atoms with E-state index >= 15 is 0 Å². The lowest BCUT2D eigenvalue weighted by atomic mass is 10.2. The molecule has 5 heteroatoms. The van der Waals surface area contributed by atoms with E-state index in [1.54, 1.807) is 6.20 Å². The van der Waals surface area contributed by atoms with Crippen molar-refractivity contribution in [2.24, 2.45) is 0 Å². The molecule has 112 valence electrons. The van der Waals surface area contributed by atoms with Crippen molar-refractivity contribution in [2.75, 3.05) is 11.9 Å². The van der Waals surface area contributed by atoms with Gasteiger partial charge in [-0.25, -0.2) is 0 Å². The number of amides is 1. The topological polar surface area (TPSA) is 59.0 Å². The third kappa shape index (κ3) is 5.04. The first kappa shape index (κ1) is 15.3. The standard InChI is InChI=1S/C16H22N4O/c1-3-13(2)17-11-16(21)19-15-7-4-6-14(10-15)12-20-9-5-8-18-20/h4-10,13,17H,3,11-12H2,1-2H3,(H,19,21). The van der Waals surface area contributed by atoms with Crippen molar-refractivity contribution in [3.8, 4) is 0 Å². The average molecular weight is 286 g/mol. The molecule has 2 rings (SSSR count). The van der Waals surface area contributed by atoms with Crippen LogP contribution in [-0.2, 0) is 11.3 Å². The number of hydrogen-bond acceptors (Lipinski definition) is 3. The highest BCUT2D eigenvalue weighted by atomic mass is 16.1. The highest BCUT2D eigenvalue weighted by Gasteiger charge is 2.05. The molecule has 0 aliphatic rings. The monoisotopic (exact) mass is 286 g/mol. The Morgan fingerprint density at radius 3 is 2.95 bits per heavy atom. The normalized spacial score (nSPS) is 12.1. The molecule has 0 spiro atoms. The van der Waals surface area contributed by atoms with Crippen molar-refractivity contribution in [1.29, 1.82) is 0 Å². The Balaban J connectivity index is 1.90. The average Bonchev–Trinajstić information content (AvgIpc) is 2.98. The van der Waals surface area contributed by atoms with E-state index in [-0.39, 0.29) is 5.91 Å². The Hall–Kier alpha value is -2.14. The number of hydrogen-bond donors (Lipinski definition) is 2. The van der Waals surface area contributed by atoms with Crippen LogP contribution in [0, 0.1) is 0 Å². The molecule has 1 amide bonds. The van der Waals surface area contributed by atoms with E-state index in [4.69, 9.17) is 0 Å². The third-order valence-corrected chi connectivity index (χ3v) is 3.34. The van der Waals surface area contributed by atoms with E-state index in [1.807, 2.05) is 41.2 Å². The van der Waals surface area contributed by atoms with Crippen molar-refractivity contribution < 1.29 is 4.79 Å². The van der Waals surface area contributed by atoms with Crippen LogP contribution in [0.1, 0.15) is 25.8 Å². The molecule has 0 fully saturated rings. The number of carbonyl (C=O) groups excluding carboxylic acids is 1. The van der Waals surface area contributed by atoms with Crippen LogP contribution in [0.3, 0.4) is 0 Å². The minimum Gasteiger partial charge on any atom is -0.325 e. The number of nitrogens with one attached hydrogen (secondary N) is 2. The second-order valence-electron chi connectivity index (χ2n) is 5.14. The summed E-state index contributed by atoms with van der Waals surface area (Å²) >= 11 is 0. The zero-order valence-electron chi connectivity index (χ0n) is 12.5. The first-order valence-corrected chi connectivity index (χ1v) is 7.27. The molecule has 0 radical (unpaired) electrons. The maximum Gasteiger partial charge on any atom is 0.238 e. The van der Waals surface area contributed by atoms with Crippen LogP contribution < -0.4 is 10.6 Å². The van der Waals surface area contributed by atoms with Crippen molar-refractivity contribution in [2.45, 2.75) is 32.9 Å². The van der Waals surface area contributed by atoms with Crippen LogP contribution in [-0.4, -0.2) is 28.3 Å². The number of carbonyl (C=O) groups is 1. The number of aromatic nitrogens is 2. The molecule has 0 bridgehead atoms. The lowest BCUT2D eigenvalue weighted by Crippen LogP contribution is -2.33. The highest BCUT2D eigenvalue weighted by molar-refractivity contribution is 5.92. The lowest BCUT2D eigenvalue weighted by Gasteiger charge is -2.12. The van der Waals surface area contributed by atoms with Gasteiger partial charge in [0.1, 0.15) is 0 Å². The van der Waals surface area contributed by atoms with Gasteiger partial charge in [-0.3, -0.25) is 9.48 Å². The first-order valence-electron chi connectivity index (χ1n) is 7.27. The van der Waals surface area contributed by atoms with Crippen LogP contribution in [0.2, 0.25) is 0 Å². The van der Waals surface area contributed by atoms with Gasteiger partial charge in [0.15, 0.2) is 0 Å². The van der Waals surface area contributed by atoms with Gasteiger partial charge in [-0.15, -0.1) is 0 Å². The van der Waals surface area contributed by atoms with Crippen LogP contribution in [0.25, 0.3) is 0 Å². The molecule has 1 heterocycles. The van der Waals surface area contributed by atoms with Gasteiger partial charge < -0.3 is 10.6 Å². The summed E-state index contributed by atoms with van der Waals surface area (Å²) < 4.78 is 1.85. The van der Waals surface area contributed by atoms with Gasteiger partial charge in [-0.1, -0.05) is 19.1 Å². The summed E-state index contributed by atoms with van der Waals surface area (Å²) in [6, 6.07) is 10.1. The van der Waals surface area contributed by atoms with E-state index in [0.717, 1.165) is 17.7 Å². The molecule has 5 nitrogen and oxygen atoms in total. The predicted molar refractivity (Wildman–Crippen MR) is 84.2 cm³/mol. The van der Waals surface area contributed by atoms with Crippen LogP contribution >= 0.6 is 0 Å². The Labute approximate surface area is 125 Å². The van der Waals surface area contributed by atoms with Gasteiger partial charge in [0, 0.05) is 24.1 Å². The van der Waals surface area contributed by atoms with Crippen LogP contribution in [0.5, 0.6) is 0 Å². The maximum atomic E-state index is 11.9. The predicted octanol–water partition coefficient (Wildman–Crippen LogP) is 2.26. The molecule has 1 unspecified atom stereocenters. The number of benzene rings is 1. The fourth-order valence-electron chi connectivity index (χ4n) is 1.94. The first-order chi connectivity index (χ1) is 10.2. The highest BCUT2D eigenvalue weighted by Crippen LogP contribution is 2.11. The van der Waals surface area contributed by atoms with Crippen molar-refractivity contribution in [3.05, 3.63) is 48.3 Å². The molecule has 2 N–H and O–H groups in total. The lowest BCUT2D eigenvalue weighted by molar-refractivity contribution is -0.115. The summed E-state index contributed by atoms with van der Waals surface area (Å²) in [5.41, 5.74) is 1.92. The van der Waals surface area contributed by atoms with Crippen molar-refractivity contribution in [1.82, 2.24) is 15.1 Å². The summed E-state index contributed by atoms with van der Waals surface area (Å²) in [6.07, 6.45) is 4.68. The number of anilines is 1. The molecular weight excluding hydrogens is 264 g/mol. The minimum atomic E-state index is -0.0217. The van der Waals surface area contributed by atoms with E-state index < -0.39 is 0 Å². The quantitative estimate of drug-likeness (QED) is 0.821. The van der Waals surface area contributed by atoms with E-state index in [0.29, 0.717) is 19.1 Å². The fourth-order valence-corrected chi connectivity index (χ4v) is 1.94. The third-order valence-electron chi connectivity index (χ3n) is 3.34. The van der Waals surface area contributed by atoms with Crippen molar-refractivity contribution >= 4 is 11.6 Å². The van der Waals surface area contributed by atoms with E-state index in [1.165, 1.54) is 0 Å². The smallest absolute Gasteiger partial charge is 0.238 e. The molecule has 1 aromatic carbocycles. The number of rotatable bonds is 7. The summed E-state index contributed by atoms with van der Waals surface area (Å²) in [4.78, 5) is 11.9. The van der Waals surface area contributed by atoms with E-state index in [9.17, 15) is 4.79 Å². The summed E-state index contributed by atoms with van der Waals surface area (Å²) in [5.74, 6) is -0.0217. The zero-order valence-corrected chi connectivity index (χ0v) is 12.5. The Kier molecular flexibility index (Phi) is 5.51. The zero-order chi connectivity index (χ0) is 15.1. The van der Waals surface area contributed by atoms with Crippen LogP contribution in [0.4, 0.5) is 5.69 Å². The minimum absolute atomic E-state index is 0.0217. The molecule has 2 aromatic rings. The van der Waals surface area contributed by atoms with Gasteiger partial charge in [0.2, 0.25) is 5.91 Å². The van der Waals surface area contributed by atoms with Gasteiger partial charge in [-0.2, -0.15) is 5.10 Å². The largest absolute Gasteiger partial charge is 0.325 e. The Morgan fingerprint density at radius 1 is 1.38 bits per heavy atom. The fraction of sp³-hybridized carbons (Fsp3) is 0.375. The van der Waals surface area contributed by atoms with Gasteiger partial charge in [0.05, 0.1) is 13.1 Å². The maximum absolute atomic E-state index is 11.9. The SMILES string of the molecule is CCC(C)NCC(=O)Nc1cccc(Cn2cccn2)c1. The summed E-state index contributed by atoms with van der Waals surface area (Å²) in [5, 5.41) is 10.3. The molecule has 0 aliphatic heterocycles. The van der Waals surface area contributed by atoms with E-state index in [2.05, 4.69) is 29.6 Å². The molecular formula is C16H22N4O. The second-order valence-corrected chi connectivity index (χ2v) is 5.14. The molecule has 0 saturated heterocycles. The molecule has 21 heavy (non-hydrogen) atoms. The number of nitrogens with zero attached hydrogens (tertiary/aromatic N) is 2. The van der Waals surface area contributed by atoms with Crippen molar-refractivity contribution in [3.63, 3.8) is 0 Å². The Bertz CT molecular complexity index is 565. The van der Waals surface area contributed by atoms with Gasteiger partial charge in [0.25, 0.3) is 0 Å². The second kappa shape index (κ2) is 7.59.